The third kappa shape index (κ3) is 2.96. The minimum Gasteiger partial charge on any atom is -0.444 e. The summed E-state index contributed by atoms with van der Waals surface area (Å²) in [6.45, 7) is 1.04. The molecule has 2 aliphatic heterocycles. The van der Waals surface area contributed by atoms with Crippen LogP contribution in [-0.2, 0) is 9.53 Å². The smallest absolute Gasteiger partial charge is 0.415 e. The summed E-state index contributed by atoms with van der Waals surface area (Å²) < 4.78 is 5.29. The zero-order chi connectivity index (χ0) is 14.8. The van der Waals surface area contributed by atoms with Gasteiger partial charge in [-0.3, -0.25) is 9.69 Å². The minimum absolute atomic E-state index is 0.0815. The first-order chi connectivity index (χ1) is 10.2. The molecule has 1 fully saturated rings. The number of anilines is 2. The zero-order valence-corrected chi connectivity index (χ0v) is 12.2. The first-order valence-electron chi connectivity index (χ1n) is 6.79. The fourth-order valence-electron chi connectivity index (χ4n) is 2.31. The Hall–Kier alpha value is -1.80. The van der Waals surface area contributed by atoms with E-state index < -0.39 is 6.09 Å². The monoisotopic (exact) mass is 308 g/mol. The lowest BCUT2D eigenvalue weighted by Crippen LogP contribution is -2.27. The van der Waals surface area contributed by atoms with Crippen LogP contribution in [0.2, 0.25) is 0 Å². The molecule has 21 heavy (non-hydrogen) atoms. The normalized spacial score (nSPS) is 21.0. The molecule has 1 atom stereocenters. The standard InChI is InChI=1S/C13H16N4O3S/c14-5-1-2-8-6-17(13(19)20-8)10-4-3-9-12(15-10)16-11(18)7-21-9/h3-4,8H,1-2,5-7,14H2,(H,15,16,18)/t8-/m0/s1. The van der Waals surface area contributed by atoms with Crippen LogP contribution in [0.15, 0.2) is 17.0 Å². The second kappa shape index (κ2) is 5.90. The van der Waals surface area contributed by atoms with Crippen molar-refractivity contribution < 1.29 is 14.3 Å². The molecule has 8 heteroatoms. The zero-order valence-electron chi connectivity index (χ0n) is 11.4. The molecule has 2 amide bonds. The number of carbonyl (C=O) groups is 2. The molecule has 1 saturated heterocycles. The van der Waals surface area contributed by atoms with Crippen LogP contribution in [0.4, 0.5) is 16.4 Å². The maximum atomic E-state index is 11.9. The number of hydrogen-bond acceptors (Lipinski definition) is 6. The van der Waals surface area contributed by atoms with Gasteiger partial charge in [0.25, 0.3) is 0 Å². The Balaban J connectivity index is 1.76. The lowest BCUT2D eigenvalue weighted by Gasteiger charge is -2.18. The second-order valence-electron chi connectivity index (χ2n) is 4.90. The lowest BCUT2D eigenvalue weighted by atomic mass is 10.2. The number of hydrogen-bond donors (Lipinski definition) is 2. The number of fused-ring (bicyclic) bond motifs is 1. The molecule has 3 rings (SSSR count). The highest BCUT2D eigenvalue weighted by Crippen LogP contribution is 2.32. The van der Waals surface area contributed by atoms with Crippen LogP contribution in [0, 0.1) is 0 Å². The summed E-state index contributed by atoms with van der Waals surface area (Å²) in [4.78, 5) is 30.1. The van der Waals surface area contributed by atoms with Crippen molar-refractivity contribution in [3.8, 4) is 0 Å². The number of thioether (sulfide) groups is 1. The number of cyclic esters (lactones) is 1. The van der Waals surface area contributed by atoms with Crippen LogP contribution < -0.4 is 16.0 Å². The number of ether oxygens (including phenoxy) is 1. The van der Waals surface area contributed by atoms with Gasteiger partial charge >= 0.3 is 6.09 Å². The van der Waals surface area contributed by atoms with Gasteiger partial charge in [-0.25, -0.2) is 9.78 Å². The summed E-state index contributed by atoms with van der Waals surface area (Å²) >= 11 is 1.44. The highest BCUT2D eigenvalue weighted by Gasteiger charge is 2.33. The molecule has 1 aromatic heterocycles. The van der Waals surface area contributed by atoms with Crippen molar-refractivity contribution in [1.82, 2.24) is 4.98 Å². The Morgan fingerprint density at radius 3 is 3.14 bits per heavy atom. The first kappa shape index (κ1) is 14.2. The molecule has 0 saturated carbocycles. The maximum Gasteiger partial charge on any atom is 0.415 e. The van der Waals surface area contributed by atoms with E-state index in [9.17, 15) is 9.59 Å². The summed E-state index contributed by atoms with van der Waals surface area (Å²) in [6, 6.07) is 3.64. The molecule has 2 aliphatic rings. The van der Waals surface area contributed by atoms with Crippen molar-refractivity contribution >= 4 is 35.4 Å². The Morgan fingerprint density at radius 2 is 2.33 bits per heavy atom. The second-order valence-corrected chi connectivity index (χ2v) is 5.92. The maximum absolute atomic E-state index is 11.9. The number of pyridine rings is 1. The van der Waals surface area contributed by atoms with E-state index in [4.69, 9.17) is 10.5 Å². The van der Waals surface area contributed by atoms with Crippen molar-refractivity contribution in [1.29, 1.82) is 0 Å². The number of carbonyl (C=O) groups excluding carboxylic acids is 2. The lowest BCUT2D eigenvalue weighted by molar-refractivity contribution is -0.113. The SMILES string of the molecule is NCCC[C@H]1CN(c2ccc3c(n2)NC(=O)CS3)C(=O)O1. The summed E-state index contributed by atoms with van der Waals surface area (Å²) in [7, 11) is 0. The molecule has 0 radical (unpaired) electrons. The van der Waals surface area contributed by atoms with Crippen molar-refractivity contribution in [2.45, 2.75) is 23.8 Å². The van der Waals surface area contributed by atoms with Gasteiger partial charge in [0, 0.05) is 0 Å². The van der Waals surface area contributed by atoms with Gasteiger partial charge in [-0.1, -0.05) is 0 Å². The number of nitrogens with zero attached hydrogens (tertiary/aromatic N) is 2. The van der Waals surface area contributed by atoms with E-state index in [1.807, 2.05) is 6.07 Å². The molecule has 0 unspecified atom stereocenters. The molecular weight excluding hydrogens is 292 g/mol. The molecular formula is C13H16N4O3S. The van der Waals surface area contributed by atoms with Crippen LogP contribution >= 0.6 is 11.8 Å². The van der Waals surface area contributed by atoms with Gasteiger partial charge in [0.05, 0.1) is 17.2 Å². The fraction of sp³-hybridized carbons (Fsp3) is 0.462. The van der Waals surface area contributed by atoms with Crippen molar-refractivity contribution in [2.24, 2.45) is 5.73 Å². The number of nitrogens with one attached hydrogen (secondary N) is 1. The van der Waals surface area contributed by atoms with E-state index in [1.165, 1.54) is 16.7 Å². The third-order valence-electron chi connectivity index (χ3n) is 3.34. The van der Waals surface area contributed by atoms with Crippen LogP contribution in [0.5, 0.6) is 0 Å². The average Bonchev–Trinajstić information content (AvgIpc) is 2.85. The van der Waals surface area contributed by atoms with Crippen molar-refractivity contribution in [3.05, 3.63) is 12.1 Å². The van der Waals surface area contributed by atoms with E-state index in [1.54, 1.807) is 6.07 Å². The number of amides is 2. The number of nitrogens with two attached hydrogens (primary N) is 1. The molecule has 112 valence electrons. The van der Waals surface area contributed by atoms with Gasteiger partial charge in [-0.15, -0.1) is 11.8 Å². The van der Waals surface area contributed by atoms with Crippen molar-refractivity contribution in [3.63, 3.8) is 0 Å². The molecule has 0 spiro atoms. The van der Waals surface area contributed by atoms with E-state index in [2.05, 4.69) is 10.3 Å². The molecule has 0 aromatic carbocycles. The Labute approximate surface area is 126 Å². The van der Waals surface area contributed by atoms with E-state index in [-0.39, 0.29) is 12.0 Å². The van der Waals surface area contributed by atoms with Gasteiger partial charge in [0.15, 0.2) is 0 Å². The minimum atomic E-state index is -0.403. The number of rotatable bonds is 4. The highest BCUT2D eigenvalue weighted by molar-refractivity contribution is 8.00. The molecule has 0 aliphatic carbocycles. The quantitative estimate of drug-likeness (QED) is 0.867. The first-order valence-corrected chi connectivity index (χ1v) is 7.78. The van der Waals surface area contributed by atoms with E-state index >= 15 is 0 Å². The Morgan fingerprint density at radius 1 is 1.48 bits per heavy atom. The Kier molecular flexibility index (Phi) is 3.98. The summed E-state index contributed by atoms with van der Waals surface area (Å²) in [5.41, 5.74) is 5.47. The Bertz CT molecular complexity index is 581. The topological polar surface area (TPSA) is 97.5 Å². The van der Waals surface area contributed by atoms with E-state index in [0.717, 1.165) is 17.7 Å². The van der Waals surface area contributed by atoms with Gasteiger partial charge in [-0.2, -0.15) is 0 Å². The summed E-state index contributed by atoms with van der Waals surface area (Å²) in [6.07, 6.45) is 1.01. The van der Waals surface area contributed by atoms with Crippen molar-refractivity contribution in [2.75, 3.05) is 29.1 Å². The number of aromatic nitrogens is 1. The van der Waals surface area contributed by atoms with Crippen LogP contribution in [0.3, 0.4) is 0 Å². The van der Waals surface area contributed by atoms with Gasteiger partial charge in [-0.05, 0) is 31.5 Å². The molecule has 1 aromatic rings. The van der Waals surface area contributed by atoms with Gasteiger partial charge < -0.3 is 15.8 Å². The van der Waals surface area contributed by atoms with Crippen LogP contribution in [0.1, 0.15) is 12.8 Å². The average molecular weight is 308 g/mol. The molecule has 7 nitrogen and oxygen atoms in total. The van der Waals surface area contributed by atoms with Crippen LogP contribution in [0.25, 0.3) is 0 Å². The van der Waals surface area contributed by atoms with Crippen LogP contribution in [-0.4, -0.2) is 41.9 Å². The third-order valence-corrected chi connectivity index (χ3v) is 4.39. The predicted molar refractivity (Wildman–Crippen MR) is 79.5 cm³/mol. The summed E-state index contributed by atoms with van der Waals surface area (Å²) in [5.74, 6) is 1.31. The fourth-order valence-corrected chi connectivity index (χ4v) is 3.06. The van der Waals surface area contributed by atoms with E-state index in [0.29, 0.717) is 30.5 Å². The molecule has 3 heterocycles. The largest absolute Gasteiger partial charge is 0.444 e. The van der Waals surface area contributed by atoms with Gasteiger partial charge in [0.2, 0.25) is 5.91 Å². The molecule has 0 bridgehead atoms. The van der Waals surface area contributed by atoms with Gasteiger partial charge in [0.1, 0.15) is 17.7 Å². The summed E-state index contributed by atoms with van der Waals surface area (Å²) in [5, 5.41) is 2.72. The molecule has 3 N–H and O–H groups in total. The predicted octanol–water partition coefficient (Wildman–Crippen LogP) is 1.19. The highest BCUT2D eigenvalue weighted by atomic mass is 32.2.